The van der Waals surface area contributed by atoms with Crippen LogP contribution in [0.2, 0.25) is 0 Å². The van der Waals surface area contributed by atoms with Crippen molar-refractivity contribution >= 4 is 17.5 Å². The number of carbonyl (C=O) groups is 1. The lowest BCUT2D eigenvalue weighted by atomic mass is 10.1. The largest absolute Gasteiger partial charge is 0.334 e. The number of hydrogen-bond donors (Lipinski definition) is 0. The Balaban J connectivity index is 2.25. The first-order chi connectivity index (χ1) is 9.13. The van der Waals surface area contributed by atoms with Gasteiger partial charge in [-0.25, -0.2) is 8.78 Å². The molecule has 0 bridgehead atoms. The van der Waals surface area contributed by atoms with Gasteiger partial charge in [0.2, 0.25) is 0 Å². The number of likely N-dealkylation sites (tertiary alicyclic amines) is 1. The molecule has 2 rings (SSSR count). The molecule has 0 aliphatic carbocycles. The van der Waals surface area contributed by atoms with Crippen LogP contribution in [0.25, 0.3) is 0 Å². The number of benzene rings is 1. The van der Waals surface area contributed by atoms with Crippen LogP contribution in [-0.2, 0) is 0 Å². The molecular weight excluding hydrogens is 272 g/mol. The van der Waals surface area contributed by atoms with E-state index in [0.29, 0.717) is 12.4 Å². The maximum absolute atomic E-state index is 13.7. The van der Waals surface area contributed by atoms with Crippen LogP contribution < -0.4 is 0 Å². The summed E-state index contributed by atoms with van der Waals surface area (Å²) in [4.78, 5) is 14.0. The first-order valence-corrected chi connectivity index (χ1v) is 6.99. The monoisotopic (exact) mass is 287 g/mol. The summed E-state index contributed by atoms with van der Waals surface area (Å²) in [5.74, 6) is -1.56. The minimum Gasteiger partial charge on any atom is -0.334 e. The minimum absolute atomic E-state index is 0.0684. The lowest BCUT2D eigenvalue weighted by molar-refractivity contribution is 0.0695. The SMILES string of the molecule is O=C(c1ccc(F)cc1F)N1CCCCCC1CCl. The molecule has 0 aromatic heterocycles. The Bertz CT molecular complexity index is 467. The molecule has 0 spiro atoms. The Morgan fingerprint density at radius 2 is 2.11 bits per heavy atom. The van der Waals surface area contributed by atoms with Gasteiger partial charge in [-0.3, -0.25) is 4.79 Å². The molecule has 1 atom stereocenters. The van der Waals surface area contributed by atoms with E-state index in [-0.39, 0.29) is 11.6 Å². The van der Waals surface area contributed by atoms with Gasteiger partial charge in [0.1, 0.15) is 11.6 Å². The van der Waals surface area contributed by atoms with Gasteiger partial charge in [-0.15, -0.1) is 11.6 Å². The van der Waals surface area contributed by atoms with E-state index in [0.717, 1.165) is 37.8 Å². The zero-order chi connectivity index (χ0) is 13.8. The van der Waals surface area contributed by atoms with Gasteiger partial charge in [-0.1, -0.05) is 12.8 Å². The maximum Gasteiger partial charge on any atom is 0.257 e. The van der Waals surface area contributed by atoms with E-state index >= 15 is 0 Å². The second-order valence-electron chi connectivity index (χ2n) is 4.78. The zero-order valence-electron chi connectivity index (χ0n) is 10.5. The van der Waals surface area contributed by atoms with Crippen LogP contribution in [0.5, 0.6) is 0 Å². The van der Waals surface area contributed by atoms with Crippen LogP contribution >= 0.6 is 11.6 Å². The molecule has 1 amide bonds. The summed E-state index contributed by atoms with van der Waals surface area (Å²) in [5, 5.41) is 0. The van der Waals surface area contributed by atoms with Crippen LogP contribution in [0.3, 0.4) is 0 Å². The number of alkyl halides is 1. The predicted molar refractivity (Wildman–Crippen MR) is 70.4 cm³/mol. The average molecular weight is 288 g/mol. The second kappa shape index (κ2) is 6.33. The molecule has 2 nitrogen and oxygen atoms in total. The minimum atomic E-state index is -0.817. The van der Waals surface area contributed by atoms with E-state index < -0.39 is 17.5 Å². The molecule has 1 aromatic carbocycles. The number of amides is 1. The van der Waals surface area contributed by atoms with Crippen LogP contribution in [-0.4, -0.2) is 29.3 Å². The van der Waals surface area contributed by atoms with Gasteiger partial charge >= 0.3 is 0 Å². The van der Waals surface area contributed by atoms with Gasteiger partial charge in [0.05, 0.1) is 5.56 Å². The third-order valence-electron chi connectivity index (χ3n) is 3.48. The fraction of sp³-hybridized carbons (Fsp3) is 0.500. The number of carbonyl (C=O) groups excluding carboxylic acids is 1. The first-order valence-electron chi connectivity index (χ1n) is 6.45. The summed E-state index contributed by atoms with van der Waals surface area (Å²) in [6, 6.07) is 2.97. The van der Waals surface area contributed by atoms with E-state index in [4.69, 9.17) is 11.6 Å². The molecule has 1 aromatic rings. The number of hydrogen-bond acceptors (Lipinski definition) is 1. The predicted octanol–water partition coefficient (Wildman–Crippen LogP) is 3.59. The smallest absolute Gasteiger partial charge is 0.257 e. The van der Waals surface area contributed by atoms with Crippen molar-refractivity contribution < 1.29 is 13.6 Å². The van der Waals surface area contributed by atoms with Crippen molar-refractivity contribution in [3.63, 3.8) is 0 Å². The highest BCUT2D eigenvalue weighted by molar-refractivity contribution is 6.18. The maximum atomic E-state index is 13.7. The van der Waals surface area contributed by atoms with Gasteiger partial charge < -0.3 is 4.90 Å². The molecule has 0 N–H and O–H groups in total. The van der Waals surface area contributed by atoms with E-state index in [1.807, 2.05) is 0 Å². The number of rotatable bonds is 2. The summed E-state index contributed by atoms with van der Waals surface area (Å²) >= 11 is 5.90. The summed E-state index contributed by atoms with van der Waals surface area (Å²) < 4.78 is 26.5. The average Bonchev–Trinajstić information content (AvgIpc) is 2.63. The highest BCUT2D eigenvalue weighted by Crippen LogP contribution is 2.21. The van der Waals surface area contributed by atoms with E-state index in [9.17, 15) is 13.6 Å². The molecular formula is C14H16ClF2NO. The lowest BCUT2D eigenvalue weighted by Crippen LogP contribution is -2.41. The Morgan fingerprint density at radius 3 is 2.79 bits per heavy atom. The molecule has 1 saturated heterocycles. The molecule has 1 aliphatic heterocycles. The first kappa shape index (κ1) is 14.3. The fourth-order valence-corrected chi connectivity index (χ4v) is 2.74. The van der Waals surface area contributed by atoms with Crippen LogP contribution in [0.15, 0.2) is 18.2 Å². The third-order valence-corrected chi connectivity index (χ3v) is 3.83. The molecule has 104 valence electrons. The van der Waals surface area contributed by atoms with Crippen molar-refractivity contribution in [2.45, 2.75) is 31.7 Å². The highest BCUT2D eigenvalue weighted by Gasteiger charge is 2.27. The number of halogens is 3. The van der Waals surface area contributed by atoms with Gasteiger partial charge in [-0.05, 0) is 25.0 Å². The summed E-state index contributed by atoms with van der Waals surface area (Å²) in [7, 11) is 0. The van der Waals surface area contributed by atoms with Gasteiger partial charge in [0.25, 0.3) is 5.91 Å². The molecule has 1 unspecified atom stereocenters. The van der Waals surface area contributed by atoms with Crippen molar-refractivity contribution in [3.05, 3.63) is 35.4 Å². The van der Waals surface area contributed by atoms with Crippen molar-refractivity contribution in [3.8, 4) is 0 Å². The molecule has 19 heavy (non-hydrogen) atoms. The summed E-state index contributed by atoms with van der Waals surface area (Å²) in [5.41, 5.74) is -0.0848. The lowest BCUT2D eigenvalue weighted by Gasteiger charge is -2.28. The van der Waals surface area contributed by atoms with Gasteiger partial charge in [0, 0.05) is 24.5 Å². The van der Waals surface area contributed by atoms with Crippen LogP contribution in [0.1, 0.15) is 36.0 Å². The Hall–Kier alpha value is -1.16. The number of nitrogens with zero attached hydrogens (tertiary/aromatic N) is 1. The van der Waals surface area contributed by atoms with Gasteiger partial charge in [0.15, 0.2) is 0 Å². The van der Waals surface area contributed by atoms with E-state index in [1.165, 1.54) is 6.07 Å². The Morgan fingerprint density at radius 1 is 1.32 bits per heavy atom. The molecule has 5 heteroatoms. The van der Waals surface area contributed by atoms with Crippen molar-refractivity contribution in [2.75, 3.05) is 12.4 Å². The Labute approximate surface area is 116 Å². The molecule has 0 radical (unpaired) electrons. The third kappa shape index (κ3) is 3.24. The van der Waals surface area contributed by atoms with Crippen LogP contribution in [0, 0.1) is 11.6 Å². The standard InChI is InChI=1S/C14H16ClF2NO/c15-9-11-4-2-1-3-7-18(11)14(19)12-6-5-10(16)8-13(12)17/h5-6,8,11H,1-4,7,9H2. The zero-order valence-corrected chi connectivity index (χ0v) is 11.3. The fourth-order valence-electron chi connectivity index (χ4n) is 2.42. The summed E-state index contributed by atoms with van der Waals surface area (Å²) in [6.07, 6.45) is 3.79. The molecule has 0 saturated carbocycles. The van der Waals surface area contributed by atoms with E-state index in [2.05, 4.69) is 0 Å². The van der Waals surface area contributed by atoms with E-state index in [1.54, 1.807) is 4.90 Å². The van der Waals surface area contributed by atoms with Crippen molar-refractivity contribution in [1.29, 1.82) is 0 Å². The molecule has 1 fully saturated rings. The molecule has 1 heterocycles. The van der Waals surface area contributed by atoms with Gasteiger partial charge in [-0.2, -0.15) is 0 Å². The topological polar surface area (TPSA) is 20.3 Å². The van der Waals surface area contributed by atoms with Crippen molar-refractivity contribution in [2.24, 2.45) is 0 Å². The quantitative estimate of drug-likeness (QED) is 0.761. The molecule has 1 aliphatic rings. The van der Waals surface area contributed by atoms with Crippen molar-refractivity contribution in [1.82, 2.24) is 4.90 Å². The highest BCUT2D eigenvalue weighted by atomic mass is 35.5. The Kier molecular flexibility index (Phi) is 4.75. The second-order valence-corrected chi connectivity index (χ2v) is 5.09. The summed E-state index contributed by atoms with van der Waals surface area (Å²) in [6.45, 7) is 0.576. The normalized spacial score (nSPS) is 20.2. The van der Waals surface area contributed by atoms with Crippen LogP contribution in [0.4, 0.5) is 8.78 Å².